The fourth-order valence-electron chi connectivity index (χ4n) is 2.26. The number of rotatable bonds is 8. The van der Waals surface area contributed by atoms with Crippen LogP contribution in [0.1, 0.15) is 46.0 Å². The zero-order chi connectivity index (χ0) is 13.9. The molecule has 19 heavy (non-hydrogen) atoms. The van der Waals surface area contributed by atoms with Gasteiger partial charge in [-0.05, 0) is 39.5 Å². The van der Waals surface area contributed by atoms with E-state index >= 15 is 0 Å². The van der Waals surface area contributed by atoms with Crippen LogP contribution in [0.4, 0.5) is 4.79 Å². The molecule has 0 radical (unpaired) electrons. The summed E-state index contributed by atoms with van der Waals surface area (Å²) in [5.74, 6) is 0. The van der Waals surface area contributed by atoms with Crippen molar-refractivity contribution in [2.45, 2.75) is 52.2 Å². The number of amides is 2. The van der Waals surface area contributed by atoms with E-state index in [9.17, 15) is 4.79 Å². The lowest BCUT2D eigenvalue weighted by molar-refractivity contribution is -0.139. The number of hydrogen-bond acceptors (Lipinski definition) is 3. The van der Waals surface area contributed by atoms with E-state index in [1.165, 1.54) is 6.42 Å². The molecule has 0 aromatic carbocycles. The number of nitrogens with one attached hydrogen (secondary N) is 1. The molecule has 1 fully saturated rings. The van der Waals surface area contributed by atoms with Crippen LogP contribution in [0.15, 0.2) is 0 Å². The van der Waals surface area contributed by atoms with Crippen molar-refractivity contribution in [2.24, 2.45) is 0 Å². The molecule has 0 aliphatic carbocycles. The van der Waals surface area contributed by atoms with Gasteiger partial charge in [-0.25, -0.2) is 4.79 Å². The van der Waals surface area contributed by atoms with Crippen LogP contribution < -0.4 is 5.32 Å². The Labute approximate surface area is 116 Å². The fraction of sp³-hybridized carbons (Fsp3) is 0.929. The Kier molecular flexibility index (Phi) is 8.58. The normalized spacial score (nSPS) is 15.8. The number of ether oxygens (including phenoxy) is 2. The van der Waals surface area contributed by atoms with E-state index in [-0.39, 0.29) is 12.3 Å². The number of likely N-dealkylation sites (tertiary alicyclic amines) is 1. The Hall–Kier alpha value is -0.810. The Bertz CT molecular complexity index is 237. The topological polar surface area (TPSA) is 50.8 Å². The average molecular weight is 272 g/mol. The summed E-state index contributed by atoms with van der Waals surface area (Å²) in [4.78, 5) is 13.8. The molecule has 0 unspecified atom stereocenters. The fourth-order valence-corrected chi connectivity index (χ4v) is 2.26. The number of urea groups is 1. The highest BCUT2D eigenvalue weighted by Crippen LogP contribution is 2.08. The summed E-state index contributed by atoms with van der Waals surface area (Å²) < 4.78 is 10.9. The minimum Gasteiger partial charge on any atom is -0.353 e. The maximum Gasteiger partial charge on any atom is 0.317 e. The van der Waals surface area contributed by atoms with Crippen LogP contribution in [0, 0.1) is 0 Å². The monoisotopic (exact) mass is 272 g/mol. The maximum atomic E-state index is 11.8. The van der Waals surface area contributed by atoms with Crippen molar-refractivity contribution in [1.29, 1.82) is 0 Å². The van der Waals surface area contributed by atoms with E-state index in [0.717, 1.165) is 38.8 Å². The van der Waals surface area contributed by atoms with Gasteiger partial charge in [0.15, 0.2) is 6.29 Å². The number of nitrogens with zero attached hydrogens (tertiary/aromatic N) is 1. The largest absolute Gasteiger partial charge is 0.353 e. The van der Waals surface area contributed by atoms with Gasteiger partial charge in [-0.15, -0.1) is 0 Å². The third-order valence-corrected chi connectivity index (χ3v) is 3.24. The smallest absolute Gasteiger partial charge is 0.317 e. The maximum absolute atomic E-state index is 11.8. The summed E-state index contributed by atoms with van der Waals surface area (Å²) in [7, 11) is 0. The second-order valence-electron chi connectivity index (χ2n) is 4.76. The molecule has 1 aliphatic rings. The molecule has 5 nitrogen and oxygen atoms in total. The van der Waals surface area contributed by atoms with Crippen molar-refractivity contribution >= 4 is 6.03 Å². The van der Waals surface area contributed by atoms with Crippen LogP contribution in [-0.4, -0.2) is 50.1 Å². The highest BCUT2D eigenvalue weighted by molar-refractivity contribution is 5.74. The van der Waals surface area contributed by atoms with E-state index in [0.29, 0.717) is 19.8 Å². The predicted octanol–water partition coefficient (Wildman–Crippen LogP) is 2.36. The first-order valence-electron chi connectivity index (χ1n) is 7.53. The summed E-state index contributed by atoms with van der Waals surface area (Å²) in [5.41, 5.74) is 0. The number of hydrogen-bond donors (Lipinski definition) is 1. The summed E-state index contributed by atoms with van der Waals surface area (Å²) in [6.07, 6.45) is 5.07. The zero-order valence-corrected chi connectivity index (χ0v) is 12.3. The summed E-state index contributed by atoms with van der Waals surface area (Å²) >= 11 is 0. The highest BCUT2D eigenvalue weighted by atomic mass is 16.7. The highest BCUT2D eigenvalue weighted by Gasteiger charge is 2.15. The van der Waals surface area contributed by atoms with Gasteiger partial charge in [-0.3, -0.25) is 0 Å². The van der Waals surface area contributed by atoms with E-state index in [4.69, 9.17) is 9.47 Å². The van der Waals surface area contributed by atoms with E-state index in [1.807, 2.05) is 18.7 Å². The molecule has 5 heteroatoms. The number of carbonyl (C=O) groups is 1. The molecule has 1 aliphatic heterocycles. The molecular weight excluding hydrogens is 244 g/mol. The molecule has 0 spiro atoms. The molecule has 2 amide bonds. The molecular formula is C14H28N2O3. The first-order chi connectivity index (χ1) is 9.27. The van der Waals surface area contributed by atoms with Gasteiger partial charge in [-0.1, -0.05) is 0 Å². The van der Waals surface area contributed by atoms with E-state index < -0.39 is 0 Å². The molecule has 0 aromatic rings. The quantitative estimate of drug-likeness (QED) is 0.545. The number of piperidine rings is 1. The summed E-state index contributed by atoms with van der Waals surface area (Å²) in [6, 6.07) is 0.0732. The molecule has 0 aromatic heterocycles. The van der Waals surface area contributed by atoms with Gasteiger partial charge >= 0.3 is 6.03 Å². The molecule has 0 atom stereocenters. The van der Waals surface area contributed by atoms with Crippen molar-refractivity contribution < 1.29 is 14.3 Å². The van der Waals surface area contributed by atoms with Crippen LogP contribution in [0.3, 0.4) is 0 Å². The second kappa shape index (κ2) is 10.0. The van der Waals surface area contributed by atoms with Crippen molar-refractivity contribution in [3.8, 4) is 0 Å². The van der Waals surface area contributed by atoms with Crippen LogP contribution in [0.2, 0.25) is 0 Å². The predicted molar refractivity (Wildman–Crippen MR) is 75.1 cm³/mol. The third kappa shape index (κ3) is 6.78. The van der Waals surface area contributed by atoms with Crippen LogP contribution >= 0.6 is 0 Å². The van der Waals surface area contributed by atoms with Crippen LogP contribution in [0.5, 0.6) is 0 Å². The molecule has 0 bridgehead atoms. The van der Waals surface area contributed by atoms with Gasteiger partial charge in [0.2, 0.25) is 0 Å². The van der Waals surface area contributed by atoms with Crippen LogP contribution in [0.25, 0.3) is 0 Å². The van der Waals surface area contributed by atoms with Gasteiger partial charge in [0.25, 0.3) is 0 Å². The van der Waals surface area contributed by atoms with Gasteiger partial charge in [0, 0.05) is 39.3 Å². The van der Waals surface area contributed by atoms with Gasteiger partial charge < -0.3 is 19.7 Å². The van der Waals surface area contributed by atoms with Crippen LogP contribution in [-0.2, 0) is 9.47 Å². The second-order valence-corrected chi connectivity index (χ2v) is 4.76. The first kappa shape index (κ1) is 16.2. The van der Waals surface area contributed by atoms with Crippen molar-refractivity contribution in [3.63, 3.8) is 0 Å². The van der Waals surface area contributed by atoms with E-state index in [1.54, 1.807) is 0 Å². The molecule has 1 saturated heterocycles. The van der Waals surface area contributed by atoms with Crippen molar-refractivity contribution in [3.05, 3.63) is 0 Å². The number of carbonyl (C=O) groups excluding carboxylic acids is 1. The average Bonchev–Trinajstić information content (AvgIpc) is 2.44. The SMILES string of the molecule is CCOC(CCCNC(=O)N1CCCCC1)OCC. The molecule has 1 heterocycles. The minimum atomic E-state index is -0.137. The third-order valence-electron chi connectivity index (χ3n) is 3.24. The van der Waals surface area contributed by atoms with Crippen molar-refractivity contribution in [1.82, 2.24) is 10.2 Å². The Morgan fingerprint density at radius 3 is 2.37 bits per heavy atom. The van der Waals surface area contributed by atoms with Gasteiger partial charge in [-0.2, -0.15) is 0 Å². The zero-order valence-electron chi connectivity index (χ0n) is 12.3. The van der Waals surface area contributed by atoms with E-state index in [2.05, 4.69) is 5.32 Å². The lowest BCUT2D eigenvalue weighted by atomic mass is 10.1. The molecule has 112 valence electrons. The Balaban J connectivity index is 2.09. The Morgan fingerprint density at radius 1 is 1.16 bits per heavy atom. The minimum absolute atomic E-state index is 0.0732. The molecule has 0 saturated carbocycles. The first-order valence-corrected chi connectivity index (χ1v) is 7.53. The standard InChI is InChI=1S/C14H28N2O3/c1-3-18-13(19-4-2)9-8-10-15-14(17)16-11-6-5-7-12-16/h13H,3-12H2,1-2H3,(H,15,17). The lowest BCUT2D eigenvalue weighted by Gasteiger charge is -2.27. The summed E-state index contributed by atoms with van der Waals surface area (Å²) in [5, 5.41) is 2.97. The van der Waals surface area contributed by atoms with Crippen molar-refractivity contribution in [2.75, 3.05) is 32.8 Å². The molecule has 1 rings (SSSR count). The Morgan fingerprint density at radius 2 is 1.79 bits per heavy atom. The lowest BCUT2D eigenvalue weighted by Crippen LogP contribution is -2.43. The van der Waals surface area contributed by atoms with Gasteiger partial charge in [0.05, 0.1) is 0 Å². The molecule has 1 N–H and O–H groups in total. The summed E-state index contributed by atoms with van der Waals surface area (Å²) in [6.45, 7) is 7.72. The van der Waals surface area contributed by atoms with Gasteiger partial charge in [0.1, 0.15) is 0 Å².